The minimum atomic E-state index is -0.871. The van der Waals surface area contributed by atoms with Crippen molar-refractivity contribution in [3.05, 3.63) is 51.5 Å². The molecule has 0 radical (unpaired) electrons. The topological polar surface area (TPSA) is 94.2 Å². The predicted octanol–water partition coefficient (Wildman–Crippen LogP) is 6.81. The van der Waals surface area contributed by atoms with E-state index in [-0.39, 0.29) is 21.3 Å². The number of rotatable bonds is 13. The number of hydrogen-bond donors (Lipinski definition) is 1. The van der Waals surface area contributed by atoms with E-state index < -0.39 is 17.8 Å². The van der Waals surface area contributed by atoms with Crippen LogP contribution in [0.4, 0.5) is 10.5 Å². The van der Waals surface area contributed by atoms with Crippen molar-refractivity contribution in [2.75, 3.05) is 24.7 Å². The number of imide groups is 2. The van der Waals surface area contributed by atoms with Crippen LogP contribution in [0.1, 0.15) is 58.4 Å². The molecule has 10 heteroatoms. The normalized spacial score (nSPS) is 14.6. The third kappa shape index (κ3) is 7.20. The Morgan fingerprint density at radius 1 is 0.842 bits per heavy atom. The fourth-order valence-corrected chi connectivity index (χ4v) is 4.41. The number of ether oxygens (including phenoxy) is 3. The lowest BCUT2D eigenvalue weighted by atomic mass is 10.1. The van der Waals surface area contributed by atoms with Gasteiger partial charge in [-0.25, -0.2) is 9.69 Å². The number of nitrogens with zero attached hydrogens (tertiary/aromatic N) is 1. The van der Waals surface area contributed by atoms with E-state index in [1.807, 2.05) is 13.8 Å². The van der Waals surface area contributed by atoms with Crippen molar-refractivity contribution >= 4 is 52.8 Å². The lowest BCUT2D eigenvalue weighted by Crippen LogP contribution is -2.54. The van der Waals surface area contributed by atoms with Gasteiger partial charge in [-0.05, 0) is 55.7 Å². The second kappa shape index (κ2) is 14.1. The maximum absolute atomic E-state index is 13.4. The molecule has 0 atom stereocenters. The second-order valence-corrected chi connectivity index (χ2v) is 9.41. The van der Waals surface area contributed by atoms with Gasteiger partial charge in [0.25, 0.3) is 11.8 Å². The van der Waals surface area contributed by atoms with Gasteiger partial charge in [0.15, 0.2) is 17.2 Å². The van der Waals surface area contributed by atoms with Crippen LogP contribution in [0.5, 0.6) is 17.2 Å². The monoisotopic (exact) mass is 562 g/mol. The van der Waals surface area contributed by atoms with Crippen molar-refractivity contribution in [3.63, 3.8) is 0 Å². The third-order valence-electron chi connectivity index (χ3n) is 5.62. The van der Waals surface area contributed by atoms with E-state index in [0.717, 1.165) is 37.0 Å². The van der Waals surface area contributed by atoms with Gasteiger partial charge in [-0.1, -0.05) is 56.3 Å². The Morgan fingerprint density at radius 2 is 1.58 bits per heavy atom. The maximum Gasteiger partial charge on any atom is 0.335 e. The van der Waals surface area contributed by atoms with E-state index in [1.165, 1.54) is 12.1 Å². The molecule has 0 unspecified atom stereocenters. The van der Waals surface area contributed by atoms with E-state index in [2.05, 4.69) is 12.2 Å². The number of urea groups is 1. The Labute approximate surface area is 232 Å². The molecule has 38 heavy (non-hydrogen) atoms. The highest BCUT2D eigenvalue weighted by atomic mass is 35.5. The molecule has 0 saturated carbocycles. The van der Waals surface area contributed by atoms with Gasteiger partial charge < -0.3 is 14.2 Å². The molecule has 4 amide bonds. The standard InChI is InChI=1S/C28H32Cl2N2O6/c1-4-7-8-9-13-38-25-21(29)15-18(16-22(25)30)14-20-26(33)31-28(35)32(27(20)34)19-10-11-23(37-12-5-2)24(17-19)36-6-3/h10-11,14-17H,4-9,12-13H2,1-3H3,(H,31,33,35)/b20-14+. The smallest absolute Gasteiger partial charge is 0.335 e. The van der Waals surface area contributed by atoms with E-state index in [1.54, 1.807) is 24.3 Å². The lowest BCUT2D eigenvalue weighted by molar-refractivity contribution is -0.122. The molecule has 0 spiro atoms. The zero-order valence-corrected chi connectivity index (χ0v) is 23.3. The lowest BCUT2D eigenvalue weighted by Gasteiger charge is -2.27. The van der Waals surface area contributed by atoms with Crippen molar-refractivity contribution in [1.29, 1.82) is 0 Å². The van der Waals surface area contributed by atoms with E-state index >= 15 is 0 Å². The molecule has 0 aromatic heterocycles. The Morgan fingerprint density at radius 3 is 2.24 bits per heavy atom. The van der Waals surface area contributed by atoms with Crippen LogP contribution in [0.2, 0.25) is 10.0 Å². The van der Waals surface area contributed by atoms with Gasteiger partial charge in [0, 0.05) is 6.07 Å². The first-order valence-corrected chi connectivity index (χ1v) is 13.5. The summed E-state index contributed by atoms with van der Waals surface area (Å²) in [6.45, 7) is 7.24. The van der Waals surface area contributed by atoms with Crippen LogP contribution in [0.15, 0.2) is 35.9 Å². The van der Waals surface area contributed by atoms with Crippen LogP contribution in [-0.2, 0) is 9.59 Å². The molecule has 1 aliphatic rings. The largest absolute Gasteiger partial charge is 0.490 e. The summed E-state index contributed by atoms with van der Waals surface area (Å²) in [4.78, 5) is 39.5. The molecular weight excluding hydrogens is 531 g/mol. The molecule has 2 aromatic carbocycles. The van der Waals surface area contributed by atoms with Crippen molar-refractivity contribution in [2.45, 2.75) is 52.9 Å². The van der Waals surface area contributed by atoms with Crippen LogP contribution < -0.4 is 24.4 Å². The summed E-state index contributed by atoms with van der Waals surface area (Å²) in [5.74, 6) is -0.409. The summed E-state index contributed by atoms with van der Waals surface area (Å²) < 4.78 is 17.1. The van der Waals surface area contributed by atoms with Crippen LogP contribution in [-0.4, -0.2) is 37.7 Å². The van der Waals surface area contributed by atoms with Gasteiger partial charge in [0.05, 0.1) is 35.6 Å². The average molecular weight is 563 g/mol. The second-order valence-electron chi connectivity index (χ2n) is 8.59. The minimum Gasteiger partial charge on any atom is -0.490 e. The summed E-state index contributed by atoms with van der Waals surface area (Å²) in [7, 11) is 0. The van der Waals surface area contributed by atoms with Gasteiger partial charge in [0.2, 0.25) is 0 Å². The highest BCUT2D eigenvalue weighted by molar-refractivity contribution is 6.40. The van der Waals surface area contributed by atoms with E-state index in [0.29, 0.717) is 42.6 Å². The molecular formula is C28H32Cl2N2O6. The maximum atomic E-state index is 13.4. The van der Waals surface area contributed by atoms with Crippen LogP contribution >= 0.6 is 23.2 Å². The summed E-state index contributed by atoms with van der Waals surface area (Å²) in [5, 5.41) is 2.71. The summed E-state index contributed by atoms with van der Waals surface area (Å²) in [6, 6.07) is 6.94. The number of nitrogens with one attached hydrogen (secondary N) is 1. The predicted molar refractivity (Wildman–Crippen MR) is 148 cm³/mol. The molecule has 2 aromatic rings. The number of hydrogen-bond acceptors (Lipinski definition) is 6. The van der Waals surface area contributed by atoms with Crippen LogP contribution in [0.3, 0.4) is 0 Å². The quantitative estimate of drug-likeness (QED) is 0.164. The average Bonchev–Trinajstić information content (AvgIpc) is 2.87. The van der Waals surface area contributed by atoms with Crippen molar-refractivity contribution < 1.29 is 28.6 Å². The molecule has 1 N–H and O–H groups in total. The first-order valence-electron chi connectivity index (χ1n) is 12.7. The first kappa shape index (κ1) is 29.3. The van der Waals surface area contributed by atoms with Crippen molar-refractivity contribution in [3.8, 4) is 17.2 Å². The molecule has 204 valence electrons. The highest BCUT2D eigenvalue weighted by Crippen LogP contribution is 2.36. The number of amides is 4. The number of carbonyl (C=O) groups is 3. The number of anilines is 1. The molecule has 0 bridgehead atoms. The zero-order valence-electron chi connectivity index (χ0n) is 21.8. The number of halogens is 2. The molecule has 8 nitrogen and oxygen atoms in total. The van der Waals surface area contributed by atoms with Crippen LogP contribution in [0.25, 0.3) is 6.08 Å². The number of unbranched alkanes of at least 4 members (excludes halogenated alkanes) is 3. The molecule has 1 saturated heterocycles. The minimum absolute atomic E-state index is 0.223. The number of barbiturate groups is 1. The van der Waals surface area contributed by atoms with E-state index in [9.17, 15) is 14.4 Å². The Kier molecular flexibility index (Phi) is 10.9. The van der Waals surface area contributed by atoms with Gasteiger partial charge in [0.1, 0.15) is 5.57 Å². The Balaban J connectivity index is 1.87. The molecule has 1 heterocycles. The fraction of sp³-hybridized carbons (Fsp3) is 0.393. The number of benzene rings is 2. The van der Waals surface area contributed by atoms with Gasteiger partial charge in [-0.3, -0.25) is 14.9 Å². The Bertz CT molecular complexity index is 1190. The summed E-state index contributed by atoms with van der Waals surface area (Å²) >= 11 is 12.8. The number of carbonyl (C=O) groups excluding carboxylic acids is 3. The molecule has 3 rings (SSSR count). The zero-order chi connectivity index (χ0) is 27.7. The summed E-state index contributed by atoms with van der Waals surface area (Å²) in [6.07, 6.45) is 6.30. The van der Waals surface area contributed by atoms with Crippen LogP contribution in [0, 0.1) is 0 Å². The van der Waals surface area contributed by atoms with Gasteiger partial charge in [-0.15, -0.1) is 0 Å². The molecule has 1 aliphatic heterocycles. The van der Waals surface area contributed by atoms with Gasteiger partial charge in [-0.2, -0.15) is 0 Å². The third-order valence-corrected chi connectivity index (χ3v) is 6.19. The van der Waals surface area contributed by atoms with E-state index in [4.69, 9.17) is 37.4 Å². The highest BCUT2D eigenvalue weighted by Gasteiger charge is 2.37. The van der Waals surface area contributed by atoms with Crippen molar-refractivity contribution in [2.24, 2.45) is 0 Å². The fourth-order valence-electron chi connectivity index (χ4n) is 3.80. The SMILES string of the molecule is CCCCCCOc1c(Cl)cc(/C=C2\C(=O)NC(=O)N(c3ccc(OCCC)c(OCC)c3)C2=O)cc1Cl. The first-order chi connectivity index (χ1) is 18.3. The molecule has 1 fully saturated rings. The summed E-state index contributed by atoms with van der Waals surface area (Å²) in [5.41, 5.74) is 0.375. The molecule has 0 aliphatic carbocycles. The van der Waals surface area contributed by atoms with Crippen molar-refractivity contribution in [1.82, 2.24) is 5.32 Å². The van der Waals surface area contributed by atoms with Gasteiger partial charge >= 0.3 is 6.03 Å². The Hall–Kier alpha value is -3.23.